The van der Waals surface area contributed by atoms with Crippen LogP contribution in [0.25, 0.3) is 11.3 Å². The average Bonchev–Trinajstić information content (AvgIpc) is 2.90. The molecule has 0 unspecified atom stereocenters. The largest absolute Gasteiger partial charge is 0.512 e. The molecule has 1 aliphatic rings. The molecule has 0 fully saturated rings. The molecule has 0 saturated carbocycles. The summed E-state index contributed by atoms with van der Waals surface area (Å²) in [5.74, 6) is -0.195. The number of pyridine rings is 1. The molecular weight excluding hydrogens is 292 g/mol. The fourth-order valence-electron chi connectivity index (χ4n) is 2.55. The highest BCUT2D eigenvalue weighted by molar-refractivity contribution is 6.34. The van der Waals surface area contributed by atoms with Crippen molar-refractivity contribution in [2.24, 2.45) is 0 Å². The predicted octanol–water partition coefficient (Wildman–Crippen LogP) is 3.53. The van der Waals surface area contributed by atoms with Crippen molar-refractivity contribution in [3.8, 4) is 17.1 Å². The number of fused-ring (bicyclic) bond motifs is 1. The van der Waals surface area contributed by atoms with Crippen molar-refractivity contribution in [1.29, 1.82) is 0 Å². The second kappa shape index (κ2) is 5.26. The normalized spacial score (nSPS) is 13.0. The summed E-state index contributed by atoms with van der Waals surface area (Å²) >= 11 is 5.91. The molecule has 0 amide bonds. The van der Waals surface area contributed by atoms with E-state index in [1.54, 1.807) is 6.07 Å². The molecule has 3 N–H and O–H groups in total. The molecule has 0 atom stereocenters. The molecule has 1 aromatic carbocycles. The fraction of sp³-hybridized carbons (Fsp3) is 0.200. The van der Waals surface area contributed by atoms with Gasteiger partial charge in [0.2, 0.25) is 5.88 Å². The lowest BCUT2D eigenvalue weighted by Crippen LogP contribution is -2.06. The van der Waals surface area contributed by atoms with Crippen molar-refractivity contribution in [3.05, 3.63) is 40.4 Å². The number of anilines is 1. The number of nitrogens with zero attached hydrogens (tertiary/aromatic N) is 1. The molecule has 0 radical (unpaired) electrons. The molecule has 6 heteroatoms. The van der Waals surface area contributed by atoms with E-state index in [0.29, 0.717) is 5.69 Å². The minimum absolute atomic E-state index is 0.00214. The van der Waals surface area contributed by atoms with Crippen molar-refractivity contribution in [2.75, 3.05) is 5.73 Å². The van der Waals surface area contributed by atoms with Crippen molar-refractivity contribution in [1.82, 2.24) is 4.98 Å². The monoisotopic (exact) mass is 304 g/mol. The number of nitrogen functional groups attached to an aromatic ring is 1. The summed E-state index contributed by atoms with van der Waals surface area (Å²) in [5.41, 5.74) is 10.1. The van der Waals surface area contributed by atoms with Crippen LogP contribution in [-0.2, 0) is 12.8 Å². The molecule has 1 aliphatic carbocycles. The molecule has 108 valence electrons. The lowest BCUT2D eigenvalue weighted by atomic mass is 10.0. The van der Waals surface area contributed by atoms with E-state index >= 15 is 0 Å². The molecule has 0 spiro atoms. The summed E-state index contributed by atoms with van der Waals surface area (Å²) in [6.45, 7) is 0. The summed E-state index contributed by atoms with van der Waals surface area (Å²) in [6.07, 6.45) is 1.82. The van der Waals surface area contributed by atoms with Gasteiger partial charge in [-0.2, -0.15) is 0 Å². The van der Waals surface area contributed by atoms with Gasteiger partial charge in [-0.3, -0.25) is 0 Å². The number of ether oxygens (including phenoxy) is 1. The Labute approximate surface area is 126 Å². The smallest absolute Gasteiger partial charge is 0.449 e. The zero-order valence-corrected chi connectivity index (χ0v) is 11.9. The number of carbonyl (C=O) groups is 1. The van der Waals surface area contributed by atoms with Crippen LogP contribution >= 0.6 is 11.6 Å². The van der Waals surface area contributed by atoms with Crippen LogP contribution < -0.4 is 10.5 Å². The van der Waals surface area contributed by atoms with Crippen LogP contribution in [0.2, 0.25) is 5.02 Å². The van der Waals surface area contributed by atoms with Crippen LogP contribution in [0, 0.1) is 0 Å². The third kappa shape index (κ3) is 2.64. The number of hydrogen-bond acceptors (Lipinski definition) is 4. The Bertz CT molecular complexity index is 731. The van der Waals surface area contributed by atoms with E-state index in [1.165, 1.54) is 11.1 Å². The molecule has 2 aromatic rings. The van der Waals surface area contributed by atoms with Crippen molar-refractivity contribution in [2.45, 2.75) is 19.3 Å². The standard InChI is InChI=1S/C15H13ClN2O3/c16-13-11(17)7-12(18-14(13)21-15(19)20)10-5-4-8-2-1-3-9(8)6-10/h4-7H,1-3H2,(H2,17,18)(H,19,20). The maximum atomic E-state index is 10.7. The summed E-state index contributed by atoms with van der Waals surface area (Å²) in [6, 6.07) is 7.70. The Morgan fingerprint density at radius 2 is 2.05 bits per heavy atom. The Balaban J connectivity index is 2.06. The van der Waals surface area contributed by atoms with Crippen LogP contribution in [0.1, 0.15) is 17.5 Å². The van der Waals surface area contributed by atoms with Gasteiger partial charge in [0.1, 0.15) is 5.02 Å². The number of aromatic nitrogens is 1. The Kier molecular flexibility index (Phi) is 3.43. The van der Waals surface area contributed by atoms with E-state index in [1.807, 2.05) is 6.07 Å². The quantitative estimate of drug-likeness (QED) is 0.829. The van der Waals surface area contributed by atoms with E-state index in [4.69, 9.17) is 22.4 Å². The first-order chi connectivity index (χ1) is 10.0. The van der Waals surface area contributed by atoms with Crippen LogP contribution in [-0.4, -0.2) is 16.2 Å². The Morgan fingerprint density at radius 3 is 2.81 bits per heavy atom. The third-order valence-corrected chi connectivity index (χ3v) is 3.91. The summed E-state index contributed by atoms with van der Waals surface area (Å²) < 4.78 is 4.57. The van der Waals surface area contributed by atoms with Crippen molar-refractivity contribution < 1.29 is 14.6 Å². The van der Waals surface area contributed by atoms with Crippen LogP contribution in [0.15, 0.2) is 24.3 Å². The number of nitrogens with two attached hydrogens (primary N) is 1. The first-order valence-electron chi connectivity index (χ1n) is 6.53. The summed E-state index contributed by atoms with van der Waals surface area (Å²) in [7, 11) is 0. The molecule has 5 nitrogen and oxygen atoms in total. The molecule has 3 rings (SSSR count). The molecule has 0 saturated heterocycles. The maximum absolute atomic E-state index is 10.7. The van der Waals surface area contributed by atoms with Crippen molar-refractivity contribution >= 4 is 23.4 Å². The van der Waals surface area contributed by atoms with Crippen LogP contribution in [0.3, 0.4) is 0 Å². The second-order valence-electron chi connectivity index (χ2n) is 4.92. The van der Waals surface area contributed by atoms with Gasteiger partial charge in [0.05, 0.1) is 11.4 Å². The zero-order valence-electron chi connectivity index (χ0n) is 11.1. The zero-order chi connectivity index (χ0) is 15.0. The minimum atomic E-state index is -1.48. The number of hydrogen-bond donors (Lipinski definition) is 2. The van der Waals surface area contributed by atoms with E-state index in [9.17, 15) is 4.79 Å². The fourth-order valence-corrected chi connectivity index (χ4v) is 2.69. The van der Waals surface area contributed by atoms with E-state index in [-0.39, 0.29) is 16.6 Å². The van der Waals surface area contributed by atoms with Gasteiger partial charge in [0, 0.05) is 5.56 Å². The lowest BCUT2D eigenvalue weighted by Gasteiger charge is -2.09. The molecule has 1 heterocycles. The Hall–Kier alpha value is -2.27. The molecule has 0 bridgehead atoms. The number of rotatable bonds is 2. The summed E-state index contributed by atoms with van der Waals surface area (Å²) in [4.78, 5) is 14.8. The third-order valence-electron chi connectivity index (χ3n) is 3.53. The van der Waals surface area contributed by atoms with E-state index < -0.39 is 6.16 Å². The predicted molar refractivity (Wildman–Crippen MR) is 79.8 cm³/mol. The van der Waals surface area contributed by atoms with Gasteiger partial charge in [-0.25, -0.2) is 9.78 Å². The average molecular weight is 305 g/mol. The highest BCUT2D eigenvalue weighted by Crippen LogP contribution is 2.34. The minimum Gasteiger partial charge on any atom is -0.449 e. The lowest BCUT2D eigenvalue weighted by molar-refractivity contribution is 0.142. The first-order valence-corrected chi connectivity index (χ1v) is 6.91. The van der Waals surface area contributed by atoms with Gasteiger partial charge in [-0.05, 0) is 42.5 Å². The van der Waals surface area contributed by atoms with E-state index in [0.717, 1.165) is 24.8 Å². The van der Waals surface area contributed by atoms with Crippen LogP contribution in [0.4, 0.5) is 10.5 Å². The van der Waals surface area contributed by atoms with Gasteiger partial charge in [-0.15, -0.1) is 0 Å². The second-order valence-corrected chi connectivity index (χ2v) is 5.30. The summed E-state index contributed by atoms with van der Waals surface area (Å²) in [5, 5.41) is 8.71. The van der Waals surface area contributed by atoms with Gasteiger partial charge >= 0.3 is 6.16 Å². The molecular formula is C15H13ClN2O3. The molecule has 0 aliphatic heterocycles. The number of aryl methyl sites for hydroxylation is 2. The highest BCUT2D eigenvalue weighted by Gasteiger charge is 2.16. The van der Waals surface area contributed by atoms with Gasteiger partial charge in [0.15, 0.2) is 0 Å². The first kappa shape index (κ1) is 13.7. The molecule has 21 heavy (non-hydrogen) atoms. The molecule has 1 aromatic heterocycles. The van der Waals surface area contributed by atoms with Crippen LogP contribution in [0.5, 0.6) is 5.88 Å². The number of halogens is 1. The highest BCUT2D eigenvalue weighted by atomic mass is 35.5. The van der Waals surface area contributed by atoms with Crippen molar-refractivity contribution in [3.63, 3.8) is 0 Å². The SMILES string of the molecule is Nc1cc(-c2ccc3c(c2)CCC3)nc(OC(=O)O)c1Cl. The maximum Gasteiger partial charge on any atom is 0.512 e. The number of benzene rings is 1. The topological polar surface area (TPSA) is 85.4 Å². The van der Waals surface area contributed by atoms with Gasteiger partial charge < -0.3 is 15.6 Å². The van der Waals surface area contributed by atoms with Gasteiger partial charge in [-0.1, -0.05) is 23.7 Å². The van der Waals surface area contributed by atoms with E-state index in [2.05, 4.69) is 21.9 Å². The Morgan fingerprint density at radius 1 is 1.29 bits per heavy atom. The van der Waals surface area contributed by atoms with Gasteiger partial charge in [0.25, 0.3) is 0 Å². The number of carboxylic acid groups (broad SMARTS) is 1.